The molecular formula is C19H20N2O5S. The smallest absolute Gasteiger partial charge is 0.338 e. The number of amides is 1. The Balaban J connectivity index is 1.58. The van der Waals surface area contributed by atoms with Gasteiger partial charge in [-0.15, -0.1) is 0 Å². The molecule has 0 radical (unpaired) electrons. The number of fused-ring (bicyclic) bond motifs is 1. The Labute approximate surface area is 157 Å². The number of hydrogen-bond donors (Lipinski definition) is 2. The van der Waals surface area contributed by atoms with Crippen molar-refractivity contribution in [3.63, 3.8) is 0 Å². The molecule has 0 unspecified atom stereocenters. The van der Waals surface area contributed by atoms with Crippen molar-refractivity contribution in [2.24, 2.45) is 5.14 Å². The van der Waals surface area contributed by atoms with E-state index in [1.165, 1.54) is 29.8 Å². The second kappa shape index (κ2) is 7.89. The molecule has 2 aromatic rings. The molecule has 1 amide bonds. The Morgan fingerprint density at radius 1 is 1.04 bits per heavy atom. The van der Waals surface area contributed by atoms with Crippen molar-refractivity contribution in [3.05, 3.63) is 59.2 Å². The van der Waals surface area contributed by atoms with Gasteiger partial charge in [-0.1, -0.05) is 12.1 Å². The fourth-order valence-corrected chi connectivity index (χ4v) is 3.58. The molecule has 3 rings (SSSR count). The molecule has 0 spiro atoms. The standard InChI is InChI=1S/C19H20N2O5S/c20-27(24,25)17-7-3-6-16(11-17)21-18(22)12-26-19(23)15-9-8-13-4-1-2-5-14(13)10-15/h3,6-11H,1-2,4-5,12H2,(H,21,22)(H2,20,24,25). The second-order valence-corrected chi connectivity index (χ2v) is 7.95. The van der Waals surface area contributed by atoms with Crippen molar-refractivity contribution in [2.45, 2.75) is 30.6 Å². The highest BCUT2D eigenvalue weighted by Crippen LogP contribution is 2.22. The van der Waals surface area contributed by atoms with Crippen LogP contribution in [-0.2, 0) is 32.4 Å². The monoisotopic (exact) mass is 388 g/mol. The van der Waals surface area contributed by atoms with Gasteiger partial charge < -0.3 is 10.1 Å². The number of benzene rings is 2. The Hall–Kier alpha value is -2.71. The lowest BCUT2D eigenvalue weighted by atomic mass is 9.90. The van der Waals surface area contributed by atoms with E-state index in [9.17, 15) is 18.0 Å². The van der Waals surface area contributed by atoms with Crippen LogP contribution >= 0.6 is 0 Å². The highest BCUT2D eigenvalue weighted by atomic mass is 32.2. The van der Waals surface area contributed by atoms with Crippen LogP contribution in [0.1, 0.15) is 34.3 Å². The van der Waals surface area contributed by atoms with E-state index in [4.69, 9.17) is 9.88 Å². The number of nitrogens with one attached hydrogen (secondary N) is 1. The topological polar surface area (TPSA) is 116 Å². The van der Waals surface area contributed by atoms with Gasteiger partial charge in [-0.25, -0.2) is 18.4 Å². The van der Waals surface area contributed by atoms with Gasteiger partial charge in [0.15, 0.2) is 6.61 Å². The van der Waals surface area contributed by atoms with Gasteiger partial charge in [0, 0.05) is 5.69 Å². The van der Waals surface area contributed by atoms with Crippen LogP contribution in [-0.4, -0.2) is 26.9 Å². The summed E-state index contributed by atoms with van der Waals surface area (Å²) in [5, 5.41) is 7.53. The van der Waals surface area contributed by atoms with Crippen molar-refractivity contribution in [1.82, 2.24) is 0 Å². The number of nitrogens with two attached hydrogens (primary N) is 1. The van der Waals surface area contributed by atoms with E-state index in [0.717, 1.165) is 31.2 Å². The van der Waals surface area contributed by atoms with Crippen LogP contribution < -0.4 is 10.5 Å². The van der Waals surface area contributed by atoms with Gasteiger partial charge in [0.05, 0.1) is 10.5 Å². The average Bonchev–Trinajstić information content (AvgIpc) is 2.65. The molecular weight excluding hydrogens is 368 g/mol. The highest BCUT2D eigenvalue weighted by Gasteiger charge is 2.15. The molecule has 0 atom stereocenters. The summed E-state index contributed by atoms with van der Waals surface area (Å²) in [6.07, 6.45) is 4.22. The number of aryl methyl sites for hydroxylation is 2. The Morgan fingerprint density at radius 3 is 2.52 bits per heavy atom. The van der Waals surface area contributed by atoms with Crippen LogP contribution in [0.15, 0.2) is 47.4 Å². The molecule has 27 heavy (non-hydrogen) atoms. The molecule has 0 aliphatic heterocycles. The van der Waals surface area contributed by atoms with Crippen LogP contribution in [0.5, 0.6) is 0 Å². The van der Waals surface area contributed by atoms with Gasteiger partial charge in [-0.05, 0) is 67.1 Å². The fourth-order valence-electron chi connectivity index (χ4n) is 3.02. The Kier molecular flexibility index (Phi) is 5.57. The zero-order valence-corrected chi connectivity index (χ0v) is 15.4. The maximum absolute atomic E-state index is 12.2. The molecule has 1 aliphatic rings. The zero-order valence-electron chi connectivity index (χ0n) is 14.6. The van der Waals surface area contributed by atoms with Crippen LogP contribution in [0.2, 0.25) is 0 Å². The van der Waals surface area contributed by atoms with E-state index in [2.05, 4.69) is 5.32 Å². The number of carbonyl (C=O) groups is 2. The van der Waals surface area contributed by atoms with Gasteiger partial charge in [0.25, 0.3) is 5.91 Å². The molecule has 1 aliphatic carbocycles. The second-order valence-electron chi connectivity index (χ2n) is 6.39. The summed E-state index contributed by atoms with van der Waals surface area (Å²) in [6, 6.07) is 11.0. The predicted octanol–water partition coefficient (Wildman–Crippen LogP) is 2.01. The van der Waals surface area contributed by atoms with E-state index in [1.807, 2.05) is 12.1 Å². The number of sulfonamides is 1. The molecule has 0 saturated carbocycles. The fraction of sp³-hybridized carbons (Fsp3) is 0.263. The molecule has 0 heterocycles. The first-order valence-corrected chi connectivity index (χ1v) is 10.1. The first kappa shape index (κ1) is 19.1. The van der Waals surface area contributed by atoms with E-state index in [0.29, 0.717) is 5.56 Å². The molecule has 7 nitrogen and oxygen atoms in total. The van der Waals surface area contributed by atoms with Crippen LogP contribution in [0.25, 0.3) is 0 Å². The van der Waals surface area contributed by atoms with E-state index in [-0.39, 0.29) is 10.6 Å². The lowest BCUT2D eigenvalue weighted by Crippen LogP contribution is -2.21. The number of primary sulfonamides is 1. The highest BCUT2D eigenvalue weighted by molar-refractivity contribution is 7.89. The third kappa shape index (κ3) is 4.93. The minimum Gasteiger partial charge on any atom is -0.452 e. The molecule has 0 bridgehead atoms. The van der Waals surface area contributed by atoms with Crippen LogP contribution in [0, 0.1) is 0 Å². The van der Waals surface area contributed by atoms with E-state index < -0.39 is 28.5 Å². The number of esters is 1. The summed E-state index contributed by atoms with van der Waals surface area (Å²) in [4.78, 5) is 24.0. The summed E-state index contributed by atoms with van der Waals surface area (Å²) in [5.41, 5.74) is 3.07. The third-order valence-corrected chi connectivity index (χ3v) is 5.28. The third-order valence-electron chi connectivity index (χ3n) is 4.36. The van der Waals surface area contributed by atoms with Gasteiger partial charge in [0.1, 0.15) is 0 Å². The van der Waals surface area contributed by atoms with Gasteiger partial charge in [0.2, 0.25) is 10.0 Å². The van der Waals surface area contributed by atoms with E-state index >= 15 is 0 Å². The number of carbonyl (C=O) groups excluding carboxylic acids is 2. The number of anilines is 1. The summed E-state index contributed by atoms with van der Waals surface area (Å²) in [5.74, 6) is -1.15. The maximum Gasteiger partial charge on any atom is 0.338 e. The maximum atomic E-state index is 12.2. The molecule has 3 N–H and O–H groups in total. The van der Waals surface area contributed by atoms with Crippen LogP contribution in [0.3, 0.4) is 0 Å². The van der Waals surface area contributed by atoms with Crippen molar-refractivity contribution in [1.29, 1.82) is 0 Å². The van der Waals surface area contributed by atoms with Crippen molar-refractivity contribution in [3.8, 4) is 0 Å². The lowest BCUT2D eigenvalue weighted by Gasteiger charge is -2.16. The van der Waals surface area contributed by atoms with E-state index in [1.54, 1.807) is 6.07 Å². The van der Waals surface area contributed by atoms with Gasteiger partial charge >= 0.3 is 5.97 Å². The van der Waals surface area contributed by atoms with Crippen LogP contribution in [0.4, 0.5) is 5.69 Å². The first-order valence-electron chi connectivity index (χ1n) is 8.54. The SMILES string of the molecule is NS(=O)(=O)c1cccc(NC(=O)COC(=O)c2ccc3c(c2)CCCC3)c1. The quantitative estimate of drug-likeness (QED) is 0.760. The Bertz CT molecular complexity index is 985. The van der Waals surface area contributed by atoms with Gasteiger partial charge in [-0.3, -0.25) is 4.79 Å². The minimum atomic E-state index is -3.87. The van der Waals surface area contributed by atoms with Crippen molar-refractivity contribution < 1.29 is 22.7 Å². The summed E-state index contributed by atoms with van der Waals surface area (Å²) < 4.78 is 27.7. The molecule has 0 aromatic heterocycles. The number of rotatable bonds is 5. The summed E-state index contributed by atoms with van der Waals surface area (Å²) in [6.45, 7) is -0.477. The molecule has 8 heteroatoms. The van der Waals surface area contributed by atoms with Crippen molar-refractivity contribution in [2.75, 3.05) is 11.9 Å². The largest absolute Gasteiger partial charge is 0.452 e. The predicted molar refractivity (Wildman–Crippen MR) is 99.8 cm³/mol. The molecule has 0 fully saturated rings. The number of ether oxygens (including phenoxy) is 1. The molecule has 142 valence electrons. The molecule has 0 saturated heterocycles. The normalized spacial score (nSPS) is 13.5. The Morgan fingerprint density at radius 2 is 1.78 bits per heavy atom. The first-order chi connectivity index (χ1) is 12.8. The minimum absolute atomic E-state index is 0.119. The molecule has 2 aromatic carbocycles. The van der Waals surface area contributed by atoms with Gasteiger partial charge in [-0.2, -0.15) is 0 Å². The zero-order chi connectivity index (χ0) is 19.4. The summed E-state index contributed by atoms with van der Waals surface area (Å²) >= 11 is 0. The number of hydrogen-bond acceptors (Lipinski definition) is 5. The lowest BCUT2D eigenvalue weighted by molar-refractivity contribution is -0.119. The summed E-state index contributed by atoms with van der Waals surface area (Å²) in [7, 11) is -3.87. The van der Waals surface area contributed by atoms with Crippen molar-refractivity contribution >= 4 is 27.6 Å². The average molecular weight is 388 g/mol.